The fraction of sp³-hybridized carbons (Fsp3) is 0.133. The van der Waals surface area contributed by atoms with Gasteiger partial charge in [-0.3, -0.25) is 9.59 Å². The Bertz CT molecular complexity index is 1220. The molecule has 2 aromatic carbocycles. The van der Waals surface area contributed by atoms with Crippen LogP contribution >= 0.6 is 0 Å². The molecule has 1 radical (unpaired) electrons. The van der Waals surface area contributed by atoms with E-state index in [1.165, 1.54) is 12.2 Å². The van der Waals surface area contributed by atoms with Gasteiger partial charge in [0.2, 0.25) is 0 Å². The molecule has 7 heteroatoms. The average molecular weight is 539 g/mol. The Morgan fingerprint density at radius 1 is 0.622 bits per heavy atom. The molecular formula is C30H28CoN2O4. The van der Waals surface area contributed by atoms with Crippen molar-refractivity contribution in [1.29, 1.82) is 0 Å². The predicted octanol–water partition coefficient (Wildman–Crippen LogP) is 4.82. The maximum Gasteiger partial charge on any atom is 0.187 e. The largest absolute Gasteiger partial charge is 0.496 e. The molecule has 0 saturated carbocycles. The number of hydrogen-bond donors (Lipinski definition) is 2. The van der Waals surface area contributed by atoms with Crippen molar-refractivity contribution in [3.8, 4) is 11.5 Å². The van der Waals surface area contributed by atoms with Crippen LogP contribution in [0.4, 0.5) is 0 Å². The van der Waals surface area contributed by atoms with Crippen LogP contribution in [0.2, 0.25) is 0 Å². The Balaban J connectivity index is 0.00000380. The summed E-state index contributed by atoms with van der Waals surface area (Å²) in [5, 5.41) is 6.89. The first-order chi connectivity index (χ1) is 17.6. The molecule has 0 saturated heterocycles. The second-order valence-corrected chi connectivity index (χ2v) is 8.14. The standard InChI is InChI=1S/C30H28N2O4.Co/c1-35-27-17-9-5-13-23(27)29(31-19-21-11-3-7-15-25(21)33)30(24-14-6-10-18-28(24)36-2)32-20-22-12-4-8-16-26(22)34;/h3-20,29-32H,1-2H3;/b21-19-,22-20-;. The summed E-state index contributed by atoms with van der Waals surface area (Å²) >= 11 is 0. The minimum absolute atomic E-state index is 0. The van der Waals surface area contributed by atoms with Crippen molar-refractivity contribution in [2.24, 2.45) is 0 Å². The van der Waals surface area contributed by atoms with Gasteiger partial charge in [0.25, 0.3) is 0 Å². The van der Waals surface area contributed by atoms with Gasteiger partial charge in [-0.25, -0.2) is 0 Å². The first-order valence-corrected chi connectivity index (χ1v) is 11.6. The number of methoxy groups -OCH3 is 2. The Kier molecular flexibility index (Phi) is 9.89. The van der Waals surface area contributed by atoms with Gasteiger partial charge in [-0.1, -0.05) is 60.7 Å². The molecule has 2 atom stereocenters. The molecule has 2 aliphatic rings. The van der Waals surface area contributed by atoms with Crippen molar-refractivity contribution >= 4 is 11.6 Å². The van der Waals surface area contributed by atoms with Crippen LogP contribution < -0.4 is 20.1 Å². The van der Waals surface area contributed by atoms with Gasteiger partial charge in [-0.05, 0) is 36.4 Å². The van der Waals surface area contributed by atoms with E-state index in [9.17, 15) is 9.59 Å². The zero-order chi connectivity index (χ0) is 25.3. The summed E-state index contributed by atoms with van der Waals surface area (Å²) in [5.41, 5.74) is 2.80. The molecule has 0 amide bonds. The quantitative estimate of drug-likeness (QED) is 0.445. The minimum atomic E-state index is -0.410. The summed E-state index contributed by atoms with van der Waals surface area (Å²) < 4.78 is 11.4. The summed E-state index contributed by atoms with van der Waals surface area (Å²) in [4.78, 5) is 24.8. The molecule has 0 fully saturated rings. The van der Waals surface area contributed by atoms with E-state index in [0.717, 1.165) is 11.1 Å². The second-order valence-electron chi connectivity index (χ2n) is 8.14. The van der Waals surface area contributed by atoms with Gasteiger partial charge in [0.05, 0.1) is 26.3 Å². The van der Waals surface area contributed by atoms with Crippen LogP contribution in [0.25, 0.3) is 0 Å². The molecule has 0 spiro atoms. The third-order valence-corrected chi connectivity index (χ3v) is 5.96. The van der Waals surface area contributed by atoms with Gasteiger partial charge < -0.3 is 20.1 Å². The number of allylic oxidation sites excluding steroid dienone is 10. The molecular weight excluding hydrogens is 511 g/mol. The molecule has 4 rings (SSSR count). The van der Waals surface area contributed by atoms with Crippen LogP contribution in [0.5, 0.6) is 11.5 Å². The number of ketones is 2. The SMILES string of the molecule is COc1ccccc1C(N/C=C1/C=CC=CC1=O)C(N/C=C1/C=CC=CC1=O)c1ccccc1OC.[Co]. The van der Waals surface area contributed by atoms with Gasteiger partial charge in [0, 0.05) is 51.5 Å². The van der Waals surface area contributed by atoms with Crippen LogP contribution in [-0.4, -0.2) is 25.8 Å². The van der Waals surface area contributed by atoms with E-state index in [-0.39, 0.29) is 28.3 Å². The first-order valence-electron chi connectivity index (χ1n) is 11.6. The number of hydrogen-bond acceptors (Lipinski definition) is 6. The number of ether oxygens (including phenoxy) is 2. The summed E-state index contributed by atoms with van der Waals surface area (Å²) in [6.07, 6.45) is 17.1. The third kappa shape index (κ3) is 6.58. The van der Waals surface area contributed by atoms with Crippen LogP contribution in [0.3, 0.4) is 0 Å². The molecule has 37 heavy (non-hydrogen) atoms. The first kappa shape index (κ1) is 27.5. The number of nitrogens with one attached hydrogen (secondary N) is 2. The normalized spacial score (nSPS) is 17.9. The average Bonchev–Trinajstić information content (AvgIpc) is 2.92. The van der Waals surface area contributed by atoms with E-state index in [1.54, 1.807) is 50.9 Å². The van der Waals surface area contributed by atoms with Crippen molar-refractivity contribution in [2.45, 2.75) is 12.1 Å². The molecule has 0 bridgehead atoms. The molecule has 191 valence electrons. The molecule has 2 aliphatic carbocycles. The van der Waals surface area contributed by atoms with Gasteiger partial charge in [-0.15, -0.1) is 0 Å². The van der Waals surface area contributed by atoms with Crippen molar-refractivity contribution in [2.75, 3.05) is 14.2 Å². The maximum atomic E-state index is 12.4. The van der Waals surface area contributed by atoms with Crippen molar-refractivity contribution in [3.63, 3.8) is 0 Å². The van der Waals surface area contributed by atoms with Gasteiger partial charge in [0.15, 0.2) is 11.6 Å². The van der Waals surface area contributed by atoms with Gasteiger partial charge >= 0.3 is 0 Å². The summed E-state index contributed by atoms with van der Waals surface area (Å²) in [6.45, 7) is 0. The molecule has 0 heterocycles. The number of carbonyl (C=O) groups excluding carboxylic acids is 2. The molecule has 6 nitrogen and oxygen atoms in total. The van der Waals surface area contributed by atoms with Crippen LogP contribution in [0.15, 0.2) is 121 Å². The fourth-order valence-electron chi connectivity index (χ4n) is 4.14. The third-order valence-electron chi connectivity index (χ3n) is 5.96. The van der Waals surface area contributed by atoms with E-state index in [0.29, 0.717) is 22.6 Å². The Labute approximate surface area is 227 Å². The topological polar surface area (TPSA) is 76.7 Å². The van der Waals surface area contributed by atoms with Gasteiger partial charge in [-0.2, -0.15) is 0 Å². The molecule has 0 aromatic heterocycles. The minimum Gasteiger partial charge on any atom is -0.496 e. The Morgan fingerprint density at radius 2 is 1.00 bits per heavy atom. The van der Waals surface area contributed by atoms with E-state index in [2.05, 4.69) is 10.6 Å². The van der Waals surface area contributed by atoms with Gasteiger partial charge in [0.1, 0.15) is 11.5 Å². The Morgan fingerprint density at radius 3 is 1.38 bits per heavy atom. The van der Waals surface area contributed by atoms with Crippen LogP contribution in [0.1, 0.15) is 23.2 Å². The van der Waals surface area contributed by atoms with Crippen LogP contribution in [-0.2, 0) is 26.4 Å². The zero-order valence-electron chi connectivity index (χ0n) is 20.5. The zero-order valence-corrected chi connectivity index (χ0v) is 21.6. The smallest absolute Gasteiger partial charge is 0.187 e. The number of benzene rings is 2. The summed E-state index contributed by atoms with van der Waals surface area (Å²) in [6, 6.07) is 14.6. The monoisotopic (exact) mass is 539 g/mol. The van der Waals surface area contributed by atoms with E-state index < -0.39 is 12.1 Å². The van der Waals surface area contributed by atoms with Crippen molar-refractivity contribution in [1.82, 2.24) is 10.6 Å². The van der Waals surface area contributed by atoms with E-state index in [1.807, 2.05) is 60.7 Å². The maximum absolute atomic E-state index is 12.4. The van der Waals surface area contributed by atoms with E-state index >= 15 is 0 Å². The summed E-state index contributed by atoms with van der Waals surface area (Å²) in [7, 11) is 3.25. The second kappa shape index (κ2) is 13.3. The molecule has 0 aliphatic heterocycles. The molecule has 2 unspecified atom stereocenters. The predicted molar refractivity (Wildman–Crippen MR) is 140 cm³/mol. The number of rotatable bonds is 9. The Hall–Kier alpha value is -4.07. The van der Waals surface area contributed by atoms with E-state index in [4.69, 9.17) is 9.47 Å². The van der Waals surface area contributed by atoms with Crippen LogP contribution in [0, 0.1) is 0 Å². The molecule has 2 N–H and O–H groups in total. The number of carbonyl (C=O) groups is 2. The van der Waals surface area contributed by atoms with Crippen molar-refractivity contribution < 1.29 is 35.8 Å². The number of para-hydroxylation sites is 2. The summed E-state index contributed by atoms with van der Waals surface area (Å²) in [5.74, 6) is 1.20. The fourth-order valence-corrected chi connectivity index (χ4v) is 4.14. The molecule has 2 aromatic rings. The van der Waals surface area contributed by atoms with Crippen molar-refractivity contribution in [3.05, 3.63) is 132 Å².